The molecule has 33 heavy (non-hydrogen) atoms. The fraction of sp³-hybridized carbons (Fsp3) is 0.250. The maximum Gasteiger partial charge on any atom is 0.264 e. The van der Waals surface area contributed by atoms with Gasteiger partial charge < -0.3 is 24.1 Å². The Kier molecular flexibility index (Phi) is 7.23. The van der Waals surface area contributed by atoms with Gasteiger partial charge in [-0.2, -0.15) is 0 Å². The molecule has 0 saturated carbocycles. The lowest BCUT2D eigenvalue weighted by molar-refractivity contribution is 0.324. The normalized spacial score (nSPS) is 11.1. The van der Waals surface area contributed by atoms with Gasteiger partial charge in [0.25, 0.3) is 10.0 Å². The van der Waals surface area contributed by atoms with Gasteiger partial charge in [0, 0.05) is 6.07 Å². The zero-order valence-corrected chi connectivity index (χ0v) is 20.0. The van der Waals surface area contributed by atoms with Gasteiger partial charge in [0.1, 0.15) is 0 Å². The third-order valence-electron chi connectivity index (χ3n) is 5.11. The van der Waals surface area contributed by atoms with Crippen LogP contribution in [0.5, 0.6) is 28.7 Å². The van der Waals surface area contributed by atoms with E-state index in [1.54, 1.807) is 42.5 Å². The van der Waals surface area contributed by atoms with Gasteiger partial charge in [0.15, 0.2) is 23.0 Å². The molecule has 0 saturated heterocycles. The van der Waals surface area contributed by atoms with Crippen molar-refractivity contribution >= 4 is 15.7 Å². The quantitative estimate of drug-likeness (QED) is 0.499. The third-order valence-corrected chi connectivity index (χ3v) is 6.90. The van der Waals surface area contributed by atoms with E-state index in [9.17, 15) is 13.5 Å². The summed E-state index contributed by atoms with van der Waals surface area (Å²) in [6.07, 6.45) is 0. The van der Waals surface area contributed by atoms with Gasteiger partial charge in [-0.25, -0.2) is 8.42 Å². The van der Waals surface area contributed by atoms with Crippen LogP contribution in [-0.2, 0) is 16.6 Å². The van der Waals surface area contributed by atoms with Crippen LogP contribution in [0.1, 0.15) is 11.1 Å². The van der Waals surface area contributed by atoms with Gasteiger partial charge in [-0.1, -0.05) is 17.7 Å². The predicted octanol–water partition coefficient (Wildman–Crippen LogP) is 4.13. The first kappa shape index (κ1) is 24.1. The summed E-state index contributed by atoms with van der Waals surface area (Å²) in [6, 6.07) is 14.4. The highest BCUT2D eigenvalue weighted by Crippen LogP contribution is 2.40. The number of ether oxygens (including phenoxy) is 4. The summed E-state index contributed by atoms with van der Waals surface area (Å²) in [7, 11) is 1.90. The van der Waals surface area contributed by atoms with Crippen LogP contribution in [0.2, 0.25) is 0 Å². The van der Waals surface area contributed by atoms with E-state index in [-0.39, 0.29) is 28.6 Å². The summed E-state index contributed by atoms with van der Waals surface area (Å²) >= 11 is 0. The van der Waals surface area contributed by atoms with Crippen LogP contribution in [0, 0.1) is 6.92 Å². The molecule has 0 amide bonds. The molecule has 8 nitrogen and oxygen atoms in total. The molecule has 0 atom stereocenters. The summed E-state index contributed by atoms with van der Waals surface area (Å²) in [6.45, 7) is 1.82. The number of anilines is 1. The van der Waals surface area contributed by atoms with E-state index in [1.165, 1.54) is 44.9 Å². The Hall–Kier alpha value is -3.59. The van der Waals surface area contributed by atoms with Crippen molar-refractivity contribution in [1.82, 2.24) is 0 Å². The first-order valence-corrected chi connectivity index (χ1v) is 11.4. The van der Waals surface area contributed by atoms with Crippen molar-refractivity contribution in [2.24, 2.45) is 0 Å². The number of methoxy groups -OCH3 is 4. The molecule has 0 aromatic heterocycles. The zero-order valence-electron chi connectivity index (χ0n) is 19.2. The minimum Gasteiger partial charge on any atom is -0.504 e. The van der Waals surface area contributed by atoms with Crippen molar-refractivity contribution in [2.75, 3.05) is 32.7 Å². The van der Waals surface area contributed by atoms with Gasteiger partial charge in [-0.15, -0.1) is 0 Å². The van der Waals surface area contributed by atoms with Crippen molar-refractivity contribution in [3.05, 3.63) is 65.7 Å². The predicted molar refractivity (Wildman–Crippen MR) is 125 cm³/mol. The Bertz CT molecular complexity index is 1200. The Morgan fingerprint density at radius 1 is 0.788 bits per heavy atom. The zero-order chi connectivity index (χ0) is 24.2. The molecule has 3 aromatic rings. The molecule has 0 fully saturated rings. The van der Waals surface area contributed by atoms with E-state index in [2.05, 4.69) is 0 Å². The summed E-state index contributed by atoms with van der Waals surface area (Å²) in [4.78, 5) is 0.121. The molecule has 0 aliphatic heterocycles. The number of hydrogen-bond acceptors (Lipinski definition) is 7. The molecular weight excluding hydrogens is 446 g/mol. The number of aryl methyl sites for hydroxylation is 1. The lowest BCUT2D eigenvalue weighted by Gasteiger charge is -2.26. The van der Waals surface area contributed by atoms with Crippen LogP contribution in [0.3, 0.4) is 0 Å². The van der Waals surface area contributed by atoms with Crippen molar-refractivity contribution in [2.45, 2.75) is 18.4 Å². The number of phenolic OH excluding ortho intramolecular Hbond substituents is 1. The second-order valence-electron chi connectivity index (χ2n) is 7.21. The average molecular weight is 474 g/mol. The lowest BCUT2D eigenvalue weighted by Crippen LogP contribution is -2.30. The number of benzene rings is 3. The van der Waals surface area contributed by atoms with Crippen LogP contribution in [0.25, 0.3) is 0 Å². The summed E-state index contributed by atoms with van der Waals surface area (Å²) < 4.78 is 49.8. The molecule has 0 aliphatic carbocycles. The van der Waals surface area contributed by atoms with E-state index in [0.29, 0.717) is 22.8 Å². The van der Waals surface area contributed by atoms with Gasteiger partial charge >= 0.3 is 0 Å². The molecule has 0 bridgehead atoms. The maximum atomic E-state index is 13.7. The number of aromatic hydroxyl groups is 1. The van der Waals surface area contributed by atoms with E-state index in [4.69, 9.17) is 18.9 Å². The smallest absolute Gasteiger partial charge is 0.264 e. The van der Waals surface area contributed by atoms with Crippen molar-refractivity contribution in [3.8, 4) is 28.7 Å². The van der Waals surface area contributed by atoms with Gasteiger partial charge in [-0.3, -0.25) is 4.31 Å². The highest BCUT2D eigenvalue weighted by Gasteiger charge is 2.27. The Morgan fingerprint density at radius 2 is 1.36 bits per heavy atom. The van der Waals surface area contributed by atoms with E-state index in [0.717, 1.165) is 5.56 Å². The molecule has 176 valence electrons. The number of nitrogens with zero attached hydrogens (tertiary/aromatic N) is 1. The number of hydrogen-bond donors (Lipinski definition) is 1. The second kappa shape index (κ2) is 9.91. The van der Waals surface area contributed by atoms with Crippen molar-refractivity contribution in [3.63, 3.8) is 0 Å². The topological polar surface area (TPSA) is 94.5 Å². The van der Waals surface area contributed by atoms with Crippen LogP contribution >= 0.6 is 0 Å². The Balaban J connectivity index is 2.16. The van der Waals surface area contributed by atoms with E-state index >= 15 is 0 Å². The fourth-order valence-corrected chi connectivity index (χ4v) is 4.82. The molecule has 0 radical (unpaired) electrons. The van der Waals surface area contributed by atoms with E-state index in [1.807, 2.05) is 6.92 Å². The molecular formula is C24H27NO7S. The minimum absolute atomic E-state index is 0.0569. The number of phenols is 1. The highest BCUT2D eigenvalue weighted by molar-refractivity contribution is 7.92. The first-order chi connectivity index (χ1) is 15.7. The monoisotopic (exact) mass is 473 g/mol. The van der Waals surface area contributed by atoms with Gasteiger partial charge in [-0.05, 0) is 48.9 Å². The van der Waals surface area contributed by atoms with Crippen LogP contribution < -0.4 is 23.3 Å². The highest BCUT2D eigenvalue weighted by atomic mass is 32.2. The SMILES string of the molecule is COc1ccc(N(Cc2cc(OC)c(OC)c(OC)c2)S(=O)(=O)c2ccc(C)cc2)cc1O. The summed E-state index contributed by atoms with van der Waals surface area (Å²) in [5.74, 6) is 1.26. The van der Waals surface area contributed by atoms with Crippen LogP contribution in [0.4, 0.5) is 5.69 Å². The maximum absolute atomic E-state index is 13.7. The fourth-order valence-electron chi connectivity index (χ4n) is 3.38. The molecule has 3 rings (SSSR count). The van der Waals surface area contributed by atoms with Crippen molar-refractivity contribution < 1.29 is 32.5 Å². The Morgan fingerprint density at radius 3 is 1.85 bits per heavy atom. The Labute approximate surface area is 194 Å². The molecule has 3 aromatic carbocycles. The number of rotatable bonds is 9. The lowest BCUT2D eigenvalue weighted by atomic mass is 10.1. The molecule has 0 heterocycles. The van der Waals surface area contributed by atoms with E-state index < -0.39 is 10.0 Å². The third kappa shape index (κ3) is 4.93. The standard InChI is InChI=1S/C24H27NO7S/c1-16-6-9-19(10-7-16)33(27,28)25(18-8-11-21(29-2)20(26)14-18)15-17-12-22(30-3)24(32-5)23(13-17)31-4/h6-14,26H,15H2,1-5H3. The van der Waals surface area contributed by atoms with Crippen LogP contribution in [0.15, 0.2) is 59.5 Å². The molecule has 1 N–H and O–H groups in total. The van der Waals surface area contributed by atoms with Gasteiger partial charge in [0.05, 0.1) is 45.6 Å². The minimum atomic E-state index is -3.99. The average Bonchev–Trinajstić information content (AvgIpc) is 2.81. The second-order valence-corrected chi connectivity index (χ2v) is 9.08. The molecule has 0 spiro atoms. The largest absolute Gasteiger partial charge is 0.504 e. The van der Waals surface area contributed by atoms with Crippen LogP contribution in [-0.4, -0.2) is 42.0 Å². The molecule has 9 heteroatoms. The van der Waals surface area contributed by atoms with Gasteiger partial charge in [0.2, 0.25) is 5.75 Å². The summed E-state index contributed by atoms with van der Waals surface area (Å²) in [5, 5.41) is 10.3. The summed E-state index contributed by atoms with van der Waals surface area (Å²) in [5.41, 5.74) is 1.80. The molecule has 0 aliphatic rings. The van der Waals surface area contributed by atoms with Crippen molar-refractivity contribution in [1.29, 1.82) is 0 Å². The molecule has 0 unspecified atom stereocenters. The number of sulfonamides is 1. The first-order valence-electron chi connectivity index (χ1n) is 10.0.